The lowest BCUT2D eigenvalue weighted by atomic mass is 10.1. The summed E-state index contributed by atoms with van der Waals surface area (Å²) in [4.78, 5) is 0. The topological polar surface area (TPSA) is 76.9 Å². The lowest BCUT2D eigenvalue weighted by molar-refractivity contribution is 0.587. The second-order valence-corrected chi connectivity index (χ2v) is 9.64. The van der Waals surface area contributed by atoms with Gasteiger partial charge in [0.1, 0.15) is 0 Å². The highest BCUT2D eigenvalue weighted by atomic mass is 35.5. The van der Waals surface area contributed by atoms with Crippen molar-refractivity contribution in [3.63, 3.8) is 0 Å². The molecule has 28 heavy (non-hydrogen) atoms. The quantitative estimate of drug-likeness (QED) is 0.427. The summed E-state index contributed by atoms with van der Waals surface area (Å²) in [6.45, 7) is 2.44. The predicted octanol–water partition coefficient (Wildman–Crippen LogP) is 3.93. The summed E-state index contributed by atoms with van der Waals surface area (Å²) < 4.78 is 26.9. The number of rotatable bonds is 8. The minimum atomic E-state index is -3.16. The zero-order chi connectivity index (χ0) is 20.1. The van der Waals surface area contributed by atoms with Crippen LogP contribution < -0.4 is 4.72 Å². The van der Waals surface area contributed by atoms with Crippen molar-refractivity contribution >= 4 is 33.4 Å². The molecule has 1 N–H and O–H groups in total. The molecule has 0 aliphatic rings. The van der Waals surface area contributed by atoms with Crippen LogP contribution in [0.25, 0.3) is 17.1 Å². The molecular formula is C19H21ClN4O2S2. The minimum absolute atomic E-state index is 0.397. The Balaban J connectivity index is 1.88. The fourth-order valence-electron chi connectivity index (χ4n) is 2.67. The predicted molar refractivity (Wildman–Crippen MR) is 115 cm³/mol. The fourth-order valence-corrected chi connectivity index (χ4v) is 4.20. The summed E-state index contributed by atoms with van der Waals surface area (Å²) in [5.74, 6) is 1.45. The number of nitrogens with one attached hydrogen (secondary N) is 1. The third-order valence-electron chi connectivity index (χ3n) is 4.01. The van der Waals surface area contributed by atoms with E-state index in [-0.39, 0.29) is 0 Å². The maximum Gasteiger partial charge on any atom is 0.208 e. The molecule has 3 rings (SSSR count). The molecule has 1 heterocycles. The monoisotopic (exact) mass is 436 g/mol. The molecular weight excluding hydrogens is 416 g/mol. The maximum absolute atomic E-state index is 11.2. The van der Waals surface area contributed by atoms with Gasteiger partial charge < -0.3 is 0 Å². The van der Waals surface area contributed by atoms with Crippen molar-refractivity contribution in [3.8, 4) is 17.1 Å². The number of hydrogen-bond donors (Lipinski definition) is 1. The largest absolute Gasteiger partial charge is 0.270 e. The second-order valence-electron chi connectivity index (χ2n) is 6.30. The van der Waals surface area contributed by atoms with Crippen molar-refractivity contribution in [3.05, 3.63) is 59.1 Å². The van der Waals surface area contributed by atoms with E-state index in [0.717, 1.165) is 34.1 Å². The van der Waals surface area contributed by atoms with Crippen molar-refractivity contribution in [2.45, 2.75) is 18.5 Å². The average molecular weight is 437 g/mol. The highest BCUT2D eigenvalue weighted by molar-refractivity contribution is 7.99. The summed E-state index contributed by atoms with van der Waals surface area (Å²) in [5, 5.41) is 10.2. The summed E-state index contributed by atoms with van der Waals surface area (Å²) in [7, 11) is -3.16. The van der Waals surface area contributed by atoms with Crippen LogP contribution in [0.3, 0.4) is 0 Å². The van der Waals surface area contributed by atoms with Gasteiger partial charge in [0.15, 0.2) is 11.0 Å². The number of halogens is 1. The molecule has 3 aromatic rings. The number of benzene rings is 2. The SMILES string of the molecule is Cc1ccccc1-n1c(SCCCNS(C)(=O)=O)nnc1-c1ccc(Cl)cc1. The zero-order valence-electron chi connectivity index (χ0n) is 15.6. The lowest BCUT2D eigenvalue weighted by Crippen LogP contribution is -2.23. The van der Waals surface area contributed by atoms with Crippen LogP contribution in [0.15, 0.2) is 53.7 Å². The highest BCUT2D eigenvalue weighted by Gasteiger charge is 2.17. The summed E-state index contributed by atoms with van der Waals surface area (Å²) in [6, 6.07) is 15.6. The summed E-state index contributed by atoms with van der Waals surface area (Å²) >= 11 is 7.57. The Morgan fingerprint density at radius 1 is 1.11 bits per heavy atom. The van der Waals surface area contributed by atoms with Crippen molar-refractivity contribution in [2.24, 2.45) is 0 Å². The molecule has 0 atom stereocenters. The van der Waals surface area contributed by atoms with Crippen LogP contribution in [-0.2, 0) is 10.0 Å². The first-order chi connectivity index (χ1) is 13.3. The number of aryl methyl sites for hydroxylation is 1. The molecule has 0 unspecified atom stereocenters. The van der Waals surface area contributed by atoms with Crippen LogP contribution in [0.1, 0.15) is 12.0 Å². The van der Waals surface area contributed by atoms with Gasteiger partial charge in [-0.1, -0.05) is 41.6 Å². The zero-order valence-corrected chi connectivity index (χ0v) is 18.0. The molecule has 0 saturated heterocycles. The molecule has 0 aliphatic carbocycles. The van der Waals surface area contributed by atoms with Gasteiger partial charge in [-0.25, -0.2) is 13.1 Å². The second kappa shape index (κ2) is 9.09. The first-order valence-corrected chi connectivity index (χ1v) is 12.0. The van der Waals surface area contributed by atoms with Crippen LogP contribution in [0.4, 0.5) is 0 Å². The van der Waals surface area contributed by atoms with Crippen LogP contribution in [-0.4, -0.2) is 41.7 Å². The minimum Gasteiger partial charge on any atom is -0.270 e. The third-order valence-corrected chi connectivity index (χ3v) is 6.00. The van der Waals surface area contributed by atoms with Gasteiger partial charge in [-0.15, -0.1) is 10.2 Å². The number of para-hydroxylation sites is 1. The first-order valence-electron chi connectivity index (χ1n) is 8.70. The van der Waals surface area contributed by atoms with Crippen LogP contribution >= 0.6 is 23.4 Å². The molecule has 0 aliphatic heterocycles. The molecule has 148 valence electrons. The average Bonchev–Trinajstić information content (AvgIpc) is 3.05. The molecule has 0 radical (unpaired) electrons. The number of aromatic nitrogens is 3. The molecule has 0 bridgehead atoms. The van der Waals surface area contributed by atoms with Crippen molar-refractivity contribution < 1.29 is 8.42 Å². The van der Waals surface area contributed by atoms with E-state index in [0.29, 0.717) is 23.7 Å². The van der Waals surface area contributed by atoms with Gasteiger partial charge in [0.05, 0.1) is 11.9 Å². The Hall–Kier alpha value is -1.87. The molecule has 2 aromatic carbocycles. The summed E-state index contributed by atoms with van der Waals surface area (Å²) in [6.07, 6.45) is 1.85. The van der Waals surface area contributed by atoms with E-state index in [4.69, 9.17) is 11.6 Å². The summed E-state index contributed by atoms with van der Waals surface area (Å²) in [5.41, 5.74) is 3.04. The molecule has 1 aromatic heterocycles. The van der Waals surface area contributed by atoms with E-state index in [9.17, 15) is 8.42 Å². The first kappa shape index (κ1) is 20.9. The Morgan fingerprint density at radius 2 is 1.82 bits per heavy atom. The number of hydrogen-bond acceptors (Lipinski definition) is 5. The van der Waals surface area contributed by atoms with Crippen molar-refractivity contribution in [1.82, 2.24) is 19.5 Å². The van der Waals surface area contributed by atoms with Gasteiger partial charge in [0, 0.05) is 22.9 Å². The van der Waals surface area contributed by atoms with Gasteiger partial charge in [-0.3, -0.25) is 4.57 Å². The Morgan fingerprint density at radius 3 is 2.50 bits per heavy atom. The van der Waals surface area contributed by atoms with E-state index >= 15 is 0 Å². The lowest BCUT2D eigenvalue weighted by Gasteiger charge is -2.13. The molecule has 9 heteroatoms. The third kappa shape index (κ3) is 5.35. The molecule has 6 nitrogen and oxygen atoms in total. The highest BCUT2D eigenvalue weighted by Crippen LogP contribution is 2.30. The molecule has 0 spiro atoms. The Kier molecular flexibility index (Phi) is 6.77. The Labute approximate surface area is 174 Å². The number of nitrogens with zero attached hydrogens (tertiary/aromatic N) is 3. The standard InChI is InChI=1S/C19H21ClN4O2S2/c1-14-6-3-4-7-17(14)24-18(15-8-10-16(20)11-9-15)22-23-19(24)27-13-5-12-21-28(2,25)26/h3-4,6-11,21H,5,12-13H2,1-2H3. The number of sulfonamides is 1. The Bertz CT molecular complexity index is 1050. The van der Waals surface area contributed by atoms with Gasteiger partial charge >= 0.3 is 0 Å². The van der Waals surface area contributed by atoms with E-state index in [1.165, 1.54) is 0 Å². The molecule has 0 saturated carbocycles. The van der Waals surface area contributed by atoms with Gasteiger partial charge in [-0.05, 0) is 49.2 Å². The normalized spacial score (nSPS) is 11.7. The van der Waals surface area contributed by atoms with Crippen LogP contribution in [0.2, 0.25) is 5.02 Å². The van der Waals surface area contributed by atoms with Crippen molar-refractivity contribution in [2.75, 3.05) is 18.6 Å². The van der Waals surface area contributed by atoms with E-state index in [1.807, 2.05) is 60.0 Å². The van der Waals surface area contributed by atoms with Gasteiger partial charge in [-0.2, -0.15) is 0 Å². The number of thioether (sulfide) groups is 1. The van der Waals surface area contributed by atoms with Crippen molar-refractivity contribution in [1.29, 1.82) is 0 Å². The van der Waals surface area contributed by atoms with Crippen LogP contribution in [0, 0.1) is 6.92 Å². The van der Waals surface area contributed by atoms with Gasteiger partial charge in [0.2, 0.25) is 10.0 Å². The van der Waals surface area contributed by atoms with E-state index in [2.05, 4.69) is 14.9 Å². The molecule has 0 amide bonds. The van der Waals surface area contributed by atoms with Gasteiger partial charge in [0.25, 0.3) is 0 Å². The smallest absolute Gasteiger partial charge is 0.208 e. The van der Waals surface area contributed by atoms with Crippen LogP contribution in [0.5, 0.6) is 0 Å². The van der Waals surface area contributed by atoms with E-state index < -0.39 is 10.0 Å². The fraction of sp³-hybridized carbons (Fsp3) is 0.263. The molecule has 0 fully saturated rings. The maximum atomic E-state index is 11.2. The van der Waals surface area contributed by atoms with E-state index in [1.54, 1.807) is 11.8 Å².